The predicted molar refractivity (Wildman–Crippen MR) is 58.5 cm³/mol. The van der Waals surface area contributed by atoms with Crippen LogP contribution in [0.4, 0.5) is 0 Å². The second-order valence-corrected chi connectivity index (χ2v) is 5.58. The number of hydrogen-bond donors (Lipinski definition) is 1. The minimum absolute atomic E-state index is 0.139. The van der Waals surface area contributed by atoms with Gasteiger partial charge in [-0.05, 0) is 37.0 Å². The number of imide groups is 1. The molecule has 3 rings (SSSR count). The van der Waals surface area contributed by atoms with E-state index in [2.05, 4.69) is 5.32 Å². The largest absolute Gasteiger partial charge is 0.294 e. The Balaban J connectivity index is 1.58. The average Bonchev–Trinajstić information content (AvgIpc) is 2.77. The van der Waals surface area contributed by atoms with Gasteiger partial charge in [0.1, 0.15) is 0 Å². The molecule has 3 fully saturated rings. The molecule has 1 N–H and O–H groups in total. The molecule has 1 heterocycles. The molecular weight excluding hydrogens is 204 g/mol. The van der Waals surface area contributed by atoms with Gasteiger partial charge in [-0.3, -0.25) is 19.8 Å². The Morgan fingerprint density at radius 2 is 1.88 bits per heavy atom. The monoisotopic (exact) mass is 222 g/mol. The quantitative estimate of drug-likeness (QED) is 0.687. The summed E-state index contributed by atoms with van der Waals surface area (Å²) in [7, 11) is 0. The molecule has 3 aliphatic rings. The fourth-order valence-corrected chi connectivity index (χ4v) is 3.76. The van der Waals surface area contributed by atoms with E-state index in [4.69, 9.17) is 0 Å². The predicted octanol–water partition coefficient (Wildman–Crippen LogP) is 0.381. The molecule has 0 aromatic carbocycles. The third-order valence-electron chi connectivity index (χ3n) is 4.39. The van der Waals surface area contributed by atoms with E-state index in [1.165, 1.54) is 25.7 Å². The van der Waals surface area contributed by atoms with Gasteiger partial charge in [0.05, 0.1) is 13.1 Å². The zero-order chi connectivity index (χ0) is 11.1. The van der Waals surface area contributed by atoms with Gasteiger partial charge in [0, 0.05) is 6.54 Å². The van der Waals surface area contributed by atoms with Gasteiger partial charge in [0.2, 0.25) is 11.8 Å². The fraction of sp³-hybridized carbons (Fsp3) is 0.833. The van der Waals surface area contributed by atoms with Crippen LogP contribution in [0.1, 0.15) is 25.7 Å². The summed E-state index contributed by atoms with van der Waals surface area (Å²) in [5.41, 5.74) is 0. The van der Waals surface area contributed by atoms with E-state index in [9.17, 15) is 9.59 Å². The van der Waals surface area contributed by atoms with Crippen molar-refractivity contribution in [3.63, 3.8) is 0 Å². The van der Waals surface area contributed by atoms with Gasteiger partial charge >= 0.3 is 0 Å². The van der Waals surface area contributed by atoms with Crippen LogP contribution >= 0.6 is 0 Å². The lowest BCUT2D eigenvalue weighted by Gasteiger charge is -2.31. The summed E-state index contributed by atoms with van der Waals surface area (Å²) < 4.78 is 0. The van der Waals surface area contributed by atoms with Crippen molar-refractivity contribution < 1.29 is 9.59 Å². The van der Waals surface area contributed by atoms with Gasteiger partial charge in [-0.15, -0.1) is 0 Å². The smallest absolute Gasteiger partial charge is 0.240 e. The summed E-state index contributed by atoms with van der Waals surface area (Å²) in [5, 5.41) is 2.35. The first-order valence-corrected chi connectivity index (χ1v) is 6.26. The first-order valence-electron chi connectivity index (χ1n) is 6.26. The van der Waals surface area contributed by atoms with Crippen LogP contribution in [0.3, 0.4) is 0 Å². The molecule has 3 unspecified atom stereocenters. The maximum absolute atomic E-state index is 11.2. The highest BCUT2D eigenvalue weighted by Crippen LogP contribution is 2.48. The van der Waals surface area contributed by atoms with Crippen LogP contribution in [0.15, 0.2) is 0 Å². The lowest BCUT2D eigenvalue weighted by Crippen LogP contribution is -2.52. The van der Waals surface area contributed by atoms with Gasteiger partial charge in [-0.2, -0.15) is 0 Å². The van der Waals surface area contributed by atoms with Gasteiger partial charge in [-0.1, -0.05) is 6.42 Å². The zero-order valence-electron chi connectivity index (χ0n) is 9.45. The van der Waals surface area contributed by atoms with Crippen molar-refractivity contribution in [2.45, 2.75) is 25.7 Å². The van der Waals surface area contributed by atoms with Crippen LogP contribution in [0.25, 0.3) is 0 Å². The van der Waals surface area contributed by atoms with Gasteiger partial charge in [0.25, 0.3) is 0 Å². The van der Waals surface area contributed by atoms with Crippen LogP contribution in [0.5, 0.6) is 0 Å². The van der Waals surface area contributed by atoms with Crippen molar-refractivity contribution >= 4 is 11.8 Å². The maximum atomic E-state index is 11.2. The molecule has 2 aliphatic carbocycles. The highest BCUT2D eigenvalue weighted by Gasteiger charge is 2.40. The topological polar surface area (TPSA) is 49.4 Å². The summed E-state index contributed by atoms with van der Waals surface area (Å²) in [5.74, 6) is 2.26. The van der Waals surface area contributed by atoms with E-state index in [0.29, 0.717) is 13.1 Å². The summed E-state index contributed by atoms with van der Waals surface area (Å²) in [4.78, 5) is 24.5. The van der Waals surface area contributed by atoms with Crippen LogP contribution in [-0.4, -0.2) is 36.3 Å². The maximum Gasteiger partial charge on any atom is 0.240 e. The highest BCUT2D eigenvalue weighted by molar-refractivity contribution is 5.99. The Labute approximate surface area is 95.4 Å². The molecule has 0 radical (unpaired) electrons. The van der Waals surface area contributed by atoms with Crippen molar-refractivity contribution in [1.29, 1.82) is 0 Å². The van der Waals surface area contributed by atoms with Crippen LogP contribution in [0, 0.1) is 17.8 Å². The number of rotatable bonds is 2. The Morgan fingerprint density at radius 3 is 2.44 bits per heavy atom. The number of piperazine rings is 1. The normalized spacial score (nSPS) is 39.1. The van der Waals surface area contributed by atoms with Crippen molar-refractivity contribution in [2.24, 2.45) is 17.8 Å². The molecule has 16 heavy (non-hydrogen) atoms. The van der Waals surface area contributed by atoms with E-state index in [0.717, 1.165) is 24.3 Å². The minimum Gasteiger partial charge on any atom is -0.294 e. The molecular formula is C12H18N2O2. The van der Waals surface area contributed by atoms with E-state index in [-0.39, 0.29) is 11.8 Å². The minimum atomic E-state index is -0.139. The van der Waals surface area contributed by atoms with Crippen molar-refractivity contribution in [1.82, 2.24) is 10.2 Å². The molecule has 3 atom stereocenters. The lowest BCUT2D eigenvalue weighted by molar-refractivity contribution is -0.136. The molecule has 0 aromatic rings. The van der Waals surface area contributed by atoms with Crippen LogP contribution in [-0.2, 0) is 9.59 Å². The van der Waals surface area contributed by atoms with E-state index in [1.54, 1.807) is 0 Å². The Kier molecular flexibility index (Phi) is 2.46. The van der Waals surface area contributed by atoms with Crippen LogP contribution in [0.2, 0.25) is 0 Å². The van der Waals surface area contributed by atoms with Gasteiger partial charge < -0.3 is 0 Å². The molecule has 2 saturated carbocycles. The lowest BCUT2D eigenvalue weighted by atomic mass is 9.88. The van der Waals surface area contributed by atoms with Gasteiger partial charge in [-0.25, -0.2) is 0 Å². The summed E-state index contributed by atoms with van der Waals surface area (Å²) in [6, 6.07) is 0. The molecule has 2 bridgehead atoms. The van der Waals surface area contributed by atoms with Crippen molar-refractivity contribution in [2.75, 3.05) is 19.6 Å². The number of fused-ring (bicyclic) bond motifs is 2. The molecule has 0 spiro atoms. The number of nitrogens with zero attached hydrogens (tertiary/aromatic N) is 1. The average molecular weight is 222 g/mol. The number of hydrogen-bond acceptors (Lipinski definition) is 3. The Hall–Kier alpha value is -0.900. The summed E-state index contributed by atoms with van der Waals surface area (Å²) in [6.45, 7) is 1.75. The van der Waals surface area contributed by atoms with E-state index in [1.807, 2.05) is 4.90 Å². The number of amides is 2. The van der Waals surface area contributed by atoms with Crippen LogP contribution < -0.4 is 5.32 Å². The third kappa shape index (κ3) is 1.86. The summed E-state index contributed by atoms with van der Waals surface area (Å²) >= 11 is 0. The number of carbonyl (C=O) groups is 2. The van der Waals surface area contributed by atoms with E-state index < -0.39 is 0 Å². The highest BCUT2D eigenvalue weighted by atomic mass is 16.2. The van der Waals surface area contributed by atoms with Crippen molar-refractivity contribution in [3.8, 4) is 0 Å². The van der Waals surface area contributed by atoms with E-state index >= 15 is 0 Å². The number of nitrogens with one attached hydrogen (secondary N) is 1. The summed E-state index contributed by atoms with van der Waals surface area (Å²) in [6.07, 6.45) is 5.47. The fourth-order valence-electron chi connectivity index (χ4n) is 3.76. The number of carbonyl (C=O) groups excluding carboxylic acids is 2. The first kappa shape index (κ1) is 10.3. The Morgan fingerprint density at radius 1 is 1.12 bits per heavy atom. The SMILES string of the molecule is O=C1CN(CC2CC3CCC2C3)CC(=O)N1. The molecule has 88 valence electrons. The molecule has 1 saturated heterocycles. The second kappa shape index (κ2) is 3.84. The molecule has 2 amide bonds. The molecule has 4 heteroatoms. The molecule has 1 aliphatic heterocycles. The standard InChI is InChI=1S/C12H18N2O2/c15-11-6-14(7-12(16)13-11)5-10-4-8-1-2-9(10)3-8/h8-10H,1-7H2,(H,13,15,16). The van der Waals surface area contributed by atoms with Crippen molar-refractivity contribution in [3.05, 3.63) is 0 Å². The first-order chi connectivity index (χ1) is 7.70. The third-order valence-corrected chi connectivity index (χ3v) is 4.39. The zero-order valence-corrected chi connectivity index (χ0v) is 9.45. The molecule has 0 aromatic heterocycles. The Bertz CT molecular complexity index is 313. The van der Waals surface area contributed by atoms with Gasteiger partial charge in [0.15, 0.2) is 0 Å². The molecule has 4 nitrogen and oxygen atoms in total. The second-order valence-electron chi connectivity index (χ2n) is 5.58.